The predicted molar refractivity (Wildman–Crippen MR) is 131 cm³/mol. The van der Waals surface area contributed by atoms with E-state index in [-0.39, 0.29) is 11.7 Å². The minimum absolute atomic E-state index is 0.243. The van der Waals surface area contributed by atoms with Gasteiger partial charge in [0.15, 0.2) is 34.0 Å². The number of nitro benzene ring substituents is 1. The van der Waals surface area contributed by atoms with Gasteiger partial charge in [-0.05, 0) is 44.2 Å². The number of benzene rings is 2. The number of carbonyl (C=O) groups excluding carboxylic acids is 2. The fourth-order valence-corrected chi connectivity index (χ4v) is 4.94. The molecule has 0 N–H and O–H groups in total. The number of ether oxygens (including phenoxy) is 3. The van der Waals surface area contributed by atoms with Crippen LogP contribution in [-0.2, 0) is 21.1 Å². The molecule has 1 aliphatic rings. The number of nitrogens with zero attached hydrogens (tertiary/aromatic N) is 2. The minimum Gasteiger partial charge on any atom is -0.486 e. The Morgan fingerprint density at radius 3 is 2.51 bits per heavy atom. The van der Waals surface area contributed by atoms with Crippen LogP contribution in [0, 0.1) is 24.0 Å². The van der Waals surface area contributed by atoms with E-state index in [1.807, 2.05) is 35.8 Å². The van der Waals surface area contributed by atoms with Crippen molar-refractivity contribution in [2.75, 3.05) is 19.5 Å². The van der Waals surface area contributed by atoms with Crippen molar-refractivity contribution < 1.29 is 37.1 Å². The zero-order chi connectivity index (χ0) is 26.9. The number of hydrogen-bond acceptors (Lipinski definition) is 9. The van der Waals surface area contributed by atoms with Crippen LogP contribution in [0.1, 0.15) is 32.1 Å². The van der Waals surface area contributed by atoms with Crippen molar-refractivity contribution >= 4 is 27.3 Å². The highest BCUT2D eigenvalue weighted by atomic mass is 32.2. The number of para-hydroxylation sites is 2. The molecule has 0 amide bonds. The summed E-state index contributed by atoms with van der Waals surface area (Å²) in [6, 6.07) is 11.9. The van der Waals surface area contributed by atoms with Gasteiger partial charge in [-0.25, -0.2) is 13.2 Å². The fourth-order valence-electron chi connectivity index (χ4n) is 4.11. The Hall–Kier alpha value is -4.19. The number of Topliss-reactive ketones (excluding diaryl/α,β-unsaturated/α-hetero) is 1. The third-order valence-corrected chi connectivity index (χ3v) is 7.10. The number of fused-ring (bicyclic) bond motifs is 1. The van der Waals surface area contributed by atoms with Crippen molar-refractivity contribution in [1.82, 2.24) is 4.57 Å². The Morgan fingerprint density at radius 2 is 1.84 bits per heavy atom. The van der Waals surface area contributed by atoms with E-state index in [2.05, 4.69) is 0 Å². The second-order valence-electron chi connectivity index (χ2n) is 8.60. The van der Waals surface area contributed by atoms with E-state index in [0.29, 0.717) is 35.9 Å². The highest BCUT2D eigenvalue weighted by Gasteiger charge is 2.26. The molecule has 3 aromatic rings. The Kier molecular flexibility index (Phi) is 7.03. The lowest BCUT2D eigenvalue weighted by Crippen LogP contribution is -2.33. The number of esters is 1. The van der Waals surface area contributed by atoms with Gasteiger partial charge < -0.3 is 18.8 Å². The maximum absolute atomic E-state index is 12.8. The van der Waals surface area contributed by atoms with Crippen LogP contribution in [0.15, 0.2) is 53.4 Å². The van der Waals surface area contributed by atoms with Crippen LogP contribution in [0.5, 0.6) is 11.5 Å². The molecule has 0 bridgehead atoms. The van der Waals surface area contributed by atoms with Crippen molar-refractivity contribution in [2.45, 2.75) is 31.4 Å². The molecule has 37 heavy (non-hydrogen) atoms. The van der Waals surface area contributed by atoms with E-state index >= 15 is 0 Å². The van der Waals surface area contributed by atoms with Crippen molar-refractivity contribution in [1.29, 1.82) is 0 Å². The first kappa shape index (κ1) is 25.9. The molecular formula is C25H24N2O9S. The monoisotopic (exact) mass is 528 g/mol. The van der Waals surface area contributed by atoms with Crippen molar-refractivity contribution in [3.8, 4) is 11.5 Å². The molecule has 2 aromatic carbocycles. The van der Waals surface area contributed by atoms with Gasteiger partial charge in [0.2, 0.25) is 5.78 Å². The smallest absolute Gasteiger partial charge is 0.338 e. The molecule has 0 spiro atoms. The largest absolute Gasteiger partial charge is 0.486 e. The van der Waals surface area contributed by atoms with Gasteiger partial charge in [-0.3, -0.25) is 14.9 Å². The molecule has 0 saturated carbocycles. The van der Waals surface area contributed by atoms with Crippen LogP contribution in [0.3, 0.4) is 0 Å². The highest BCUT2D eigenvalue weighted by Crippen LogP contribution is 2.32. The van der Waals surface area contributed by atoms with Gasteiger partial charge in [0.1, 0.15) is 11.5 Å². The summed E-state index contributed by atoms with van der Waals surface area (Å²) in [6.07, 6.45) is 0.556. The van der Waals surface area contributed by atoms with Crippen molar-refractivity contribution in [3.63, 3.8) is 0 Å². The van der Waals surface area contributed by atoms with Crippen molar-refractivity contribution in [2.24, 2.45) is 0 Å². The standard InChI is InChI=1S/C25H24N2O9S/c1-15-10-19(16(2)26(15)12-18-13-34-22-6-4-5-7-23(22)36-18)21(28)14-35-25(29)17-8-9-24(37(3,32)33)20(11-17)27(30)31/h4-11,18H,12-14H2,1-3H3. The Balaban J connectivity index is 1.44. The molecule has 1 aromatic heterocycles. The summed E-state index contributed by atoms with van der Waals surface area (Å²) in [5.41, 5.74) is 0.840. The van der Waals surface area contributed by atoms with Gasteiger partial charge >= 0.3 is 5.97 Å². The van der Waals surface area contributed by atoms with Crippen LogP contribution in [-0.4, -0.2) is 55.2 Å². The van der Waals surface area contributed by atoms with Crippen molar-refractivity contribution in [3.05, 3.63) is 81.2 Å². The van der Waals surface area contributed by atoms with E-state index in [4.69, 9.17) is 14.2 Å². The first-order valence-corrected chi connectivity index (χ1v) is 13.1. The lowest BCUT2D eigenvalue weighted by molar-refractivity contribution is -0.387. The minimum atomic E-state index is -3.88. The summed E-state index contributed by atoms with van der Waals surface area (Å²) < 4.78 is 42.3. The quantitative estimate of drug-likeness (QED) is 0.186. The van der Waals surface area contributed by atoms with Gasteiger partial charge in [-0.15, -0.1) is 0 Å². The molecule has 1 atom stereocenters. The molecule has 0 aliphatic carbocycles. The molecule has 11 nitrogen and oxygen atoms in total. The number of sulfone groups is 1. The second kappa shape index (κ2) is 10.1. The molecular weight excluding hydrogens is 504 g/mol. The van der Waals surface area contributed by atoms with E-state index < -0.39 is 43.7 Å². The number of nitro groups is 1. The average Bonchev–Trinajstić information content (AvgIpc) is 3.14. The van der Waals surface area contributed by atoms with Crippen LogP contribution in [0.25, 0.3) is 0 Å². The van der Waals surface area contributed by atoms with Crippen LogP contribution in [0.4, 0.5) is 5.69 Å². The molecule has 0 fully saturated rings. The van der Waals surface area contributed by atoms with E-state index in [0.717, 1.165) is 30.1 Å². The number of rotatable bonds is 8. The molecule has 0 radical (unpaired) electrons. The number of ketones is 1. The third-order valence-electron chi connectivity index (χ3n) is 5.95. The molecule has 2 heterocycles. The summed E-state index contributed by atoms with van der Waals surface area (Å²) in [5.74, 6) is -0.124. The van der Waals surface area contributed by atoms with Crippen LogP contribution in [0.2, 0.25) is 0 Å². The van der Waals surface area contributed by atoms with Crippen LogP contribution >= 0.6 is 0 Å². The summed E-state index contributed by atoms with van der Waals surface area (Å²) in [7, 11) is -3.88. The average molecular weight is 529 g/mol. The lowest BCUT2D eigenvalue weighted by Gasteiger charge is -2.27. The van der Waals surface area contributed by atoms with Crippen LogP contribution < -0.4 is 9.47 Å². The number of hydrogen-bond donors (Lipinski definition) is 0. The zero-order valence-corrected chi connectivity index (χ0v) is 21.1. The van der Waals surface area contributed by atoms with E-state index in [9.17, 15) is 28.1 Å². The molecule has 1 aliphatic heterocycles. The van der Waals surface area contributed by atoms with Gasteiger partial charge in [-0.2, -0.15) is 0 Å². The number of carbonyl (C=O) groups is 2. The summed E-state index contributed by atoms with van der Waals surface area (Å²) in [5, 5.41) is 11.3. The van der Waals surface area contributed by atoms with E-state index in [1.165, 1.54) is 0 Å². The van der Waals surface area contributed by atoms with Gasteiger partial charge in [0, 0.05) is 29.3 Å². The maximum Gasteiger partial charge on any atom is 0.338 e. The van der Waals surface area contributed by atoms with Gasteiger partial charge in [-0.1, -0.05) is 12.1 Å². The summed E-state index contributed by atoms with van der Waals surface area (Å²) in [6.45, 7) is 3.80. The molecule has 0 saturated heterocycles. The maximum atomic E-state index is 12.8. The lowest BCUT2D eigenvalue weighted by atomic mass is 10.1. The SMILES string of the molecule is Cc1cc(C(=O)COC(=O)c2ccc(S(C)(=O)=O)c([N+](=O)[O-])c2)c(C)n1CC1COc2ccccc2O1. The van der Waals surface area contributed by atoms with E-state index in [1.54, 1.807) is 13.0 Å². The Bertz CT molecular complexity index is 1510. The second-order valence-corrected chi connectivity index (χ2v) is 10.6. The Labute approximate surface area is 212 Å². The molecule has 12 heteroatoms. The first-order chi connectivity index (χ1) is 17.5. The fraction of sp³-hybridized carbons (Fsp3) is 0.280. The zero-order valence-electron chi connectivity index (χ0n) is 20.3. The Morgan fingerprint density at radius 1 is 1.14 bits per heavy atom. The summed E-state index contributed by atoms with van der Waals surface area (Å²) in [4.78, 5) is 35.2. The number of aryl methyl sites for hydroxylation is 1. The van der Waals surface area contributed by atoms with Gasteiger partial charge in [0.05, 0.1) is 17.0 Å². The topological polar surface area (TPSA) is 144 Å². The molecule has 4 rings (SSSR count). The normalized spacial score (nSPS) is 14.7. The predicted octanol–water partition coefficient (Wildman–Crippen LogP) is 3.30. The van der Waals surface area contributed by atoms with Gasteiger partial charge in [0.25, 0.3) is 5.69 Å². The molecule has 194 valence electrons. The summed E-state index contributed by atoms with van der Waals surface area (Å²) >= 11 is 0. The highest BCUT2D eigenvalue weighted by molar-refractivity contribution is 7.90. The first-order valence-electron chi connectivity index (χ1n) is 11.2. The third kappa shape index (κ3) is 5.48. The number of aromatic nitrogens is 1. The molecule has 1 unspecified atom stereocenters.